The van der Waals surface area contributed by atoms with Crippen LogP contribution in [0.3, 0.4) is 0 Å². The van der Waals surface area contributed by atoms with Crippen molar-refractivity contribution in [3.63, 3.8) is 0 Å². The van der Waals surface area contributed by atoms with Crippen LogP contribution in [0.2, 0.25) is 0 Å². The normalized spacial score (nSPS) is 18.1. The maximum Gasteiger partial charge on any atom is 0.205 e. The Morgan fingerprint density at radius 3 is 2.58 bits per heavy atom. The van der Waals surface area contributed by atoms with Gasteiger partial charge in [-0.25, -0.2) is 4.39 Å². The number of hydrogen-bond donors (Lipinski definition) is 3. The van der Waals surface area contributed by atoms with Crippen molar-refractivity contribution in [2.45, 2.75) is 31.2 Å². The third kappa shape index (κ3) is 1.68. The molecule has 1 aromatic heterocycles. The fraction of sp³-hybridized carbons (Fsp3) is 0.375. The molecule has 8 heteroatoms. The number of anilines is 1. The van der Waals surface area contributed by atoms with Crippen LogP contribution < -0.4 is 21.6 Å². The molecule has 2 aliphatic rings. The van der Waals surface area contributed by atoms with Crippen LogP contribution in [-0.2, 0) is 5.54 Å². The minimum absolute atomic E-state index is 0.0701. The molecule has 0 atom stereocenters. The van der Waals surface area contributed by atoms with Crippen molar-refractivity contribution < 1.29 is 13.5 Å². The van der Waals surface area contributed by atoms with E-state index < -0.39 is 34.1 Å². The minimum atomic E-state index is -1.32. The molecule has 0 saturated heterocycles. The van der Waals surface area contributed by atoms with Gasteiger partial charge in [-0.2, -0.15) is 4.39 Å². The Morgan fingerprint density at radius 1 is 1.29 bits per heavy atom. The van der Waals surface area contributed by atoms with Crippen molar-refractivity contribution in [2.24, 2.45) is 5.73 Å². The second kappa shape index (κ2) is 4.68. The molecule has 2 heterocycles. The number of benzene rings is 1. The molecule has 0 radical (unpaired) electrons. The summed E-state index contributed by atoms with van der Waals surface area (Å²) in [4.78, 5) is 12.6. The highest BCUT2D eigenvalue weighted by Gasteiger charge is 2.42. The Bertz CT molecular complexity index is 961. The summed E-state index contributed by atoms with van der Waals surface area (Å²) in [5.74, 6) is -3.25. The average Bonchev–Trinajstić information content (AvgIpc) is 3.01. The molecule has 1 aromatic carbocycles. The van der Waals surface area contributed by atoms with Gasteiger partial charge in [0.05, 0.1) is 22.2 Å². The number of hydrogen-bond acceptors (Lipinski definition) is 4. The number of ether oxygens (including phenoxy) is 1. The molecule has 1 fully saturated rings. The van der Waals surface area contributed by atoms with Gasteiger partial charge in [-0.1, -0.05) is 12.8 Å². The first kappa shape index (κ1) is 14.9. The van der Waals surface area contributed by atoms with Crippen LogP contribution in [0.1, 0.15) is 31.2 Å². The fourth-order valence-electron chi connectivity index (χ4n) is 3.91. The maximum atomic E-state index is 14.3. The quantitative estimate of drug-likeness (QED) is 0.420. The first-order valence-electron chi connectivity index (χ1n) is 7.71. The van der Waals surface area contributed by atoms with Gasteiger partial charge < -0.3 is 20.8 Å². The van der Waals surface area contributed by atoms with E-state index in [1.807, 2.05) is 0 Å². The molecule has 1 aliphatic heterocycles. The van der Waals surface area contributed by atoms with Crippen molar-refractivity contribution in [1.82, 2.24) is 4.57 Å². The standard InChI is InChI=1S/C16H16F2N4O2/c17-9-10(18)14-12-8(11(9)19)13(23)7(15(20)21)5-22(12)16(6-24-14)3-1-2-4-16/h5H,1-4,6,19H2,(H3,20,21). The zero-order valence-electron chi connectivity index (χ0n) is 12.8. The third-order valence-corrected chi connectivity index (χ3v) is 5.14. The minimum Gasteiger partial charge on any atom is -0.486 e. The zero-order valence-corrected chi connectivity index (χ0v) is 12.8. The van der Waals surface area contributed by atoms with Crippen LogP contribution in [0, 0.1) is 17.0 Å². The Morgan fingerprint density at radius 2 is 1.96 bits per heavy atom. The van der Waals surface area contributed by atoms with Crippen molar-refractivity contribution in [3.8, 4) is 5.75 Å². The Hall–Kier alpha value is -2.64. The maximum absolute atomic E-state index is 14.3. The van der Waals surface area contributed by atoms with E-state index in [4.69, 9.17) is 21.6 Å². The molecule has 24 heavy (non-hydrogen) atoms. The van der Waals surface area contributed by atoms with Gasteiger partial charge in [0.2, 0.25) is 11.2 Å². The van der Waals surface area contributed by atoms with E-state index in [-0.39, 0.29) is 28.8 Å². The summed E-state index contributed by atoms with van der Waals surface area (Å²) >= 11 is 0. The van der Waals surface area contributed by atoms with Crippen molar-refractivity contribution in [2.75, 3.05) is 12.3 Å². The topological polar surface area (TPSA) is 107 Å². The number of halogens is 2. The smallest absolute Gasteiger partial charge is 0.205 e. The highest BCUT2D eigenvalue weighted by Crippen LogP contribution is 2.46. The van der Waals surface area contributed by atoms with Gasteiger partial charge in [0, 0.05) is 6.20 Å². The average molecular weight is 334 g/mol. The highest BCUT2D eigenvalue weighted by molar-refractivity contribution is 6.02. The Balaban J connectivity index is 2.25. The number of nitrogens with two attached hydrogens (primary N) is 2. The lowest BCUT2D eigenvalue weighted by Gasteiger charge is -2.38. The molecule has 1 aliphatic carbocycles. The number of nitrogen functional groups attached to an aromatic ring is 2. The number of rotatable bonds is 1. The van der Waals surface area contributed by atoms with Gasteiger partial charge in [-0.15, -0.1) is 0 Å². The van der Waals surface area contributed by atoms with E-state index >= 15 is 0 Å². The monoisotopic (exact) mass is 334 g/mol. The molecule has 0 amide bonds. The van der Waals surface area contributed by atoms with Gasteiger partial charge in [0.25, 0.3) is 0 Å². The lowest BCUT2D eigenvalue weighted by atomic mass is 9.94. The van der Waals surface area contributed by atoms with Crippen LogP contribution in [0.4, 0.5) is 14.5 Å². The molecule has 4 rings (SSSR count). The molecule has 126 valence electrons. The van der Waals surface area contributed by atoms with Crippen LogP contribution in [0.25, 0.3) is 10.9 Å². The molecule has 1 saturated carbocycles. The first-order valence-corrected chi connectivity index (χ1v) is 7.71. The lowest BCUT2D eigenvalue weighted by molar-refractivity contribution is 0.136. The summed E-state index contributed by atoms with van der Waals surface area (Å²) in [5.41, 5.74) is 9.57. The lowest BCUT2D eigenvalue weighted by Crippen LogP contribution is -2.42. The molecule has 6 nitrogen and oxygen atoms in total. The van der Waals surface area contributed by atoms with E-state index in [1.165, 1.54) is 6.20 Å². The fourth-order valence-corrected chi connectivity index (χ4v) is 3.91. The Kier molecular flexibility index (Phi) is 2.91. The summed E-state index contributed by atoms with van der Waals surface area (Å²) in [6, 6.07) is 0. The molecule has 5 N–H and O–H groups in total. The van der Waals surface area contributed by atoms with Crippen LogP contribution in [0.15, 0.2) is 11.0 Å². The van der Waals surface area contributed by atoms with Crippen molar-refractivity contribution in [3.05, 3.63) is 33.6 Å². The summed E-state index contributed by atoms with van der Waals surface area (Å²) in [6.45, 7) is 0.176. The molecule has 0 bridgehead atoms. The first-order chi connectivity index (χ1) is 11.4. The van der Waals surface area contributed by atoms with E-state index in [2.05, 4.69) is 0 Å². The van der Waals surface area contributed by atoms with Gasteiger partial charge >= 0.3 is 0 Å². The number of aromatic nitrogens is 1. The number of nitrogens with zero attached hydrogens (tertiary/aromatic N) is 1. The summed E-state index contributed by atoms with van der Waals surface area (Å²) < 4.78 is 35.7. The second-order valence-electron chi connectivity index (χ2n) is 6.47. The van der Waals surface area contributed by atoms with Gasteiger partial charge in [-0.05, 0) is 12.8 Å². The number of amidine groups is 1. The highest BCUT2D eigenvalue weighted by atomic mass is 19.2. The molecular weight excluding hydrogens is 318 g/mol. The third-order valence-electron chi connectivity index (χ3n) is 5.14. The molecule has 1 spiro atoms. The predicted molar refractivity (Wildman–Crippen MR) is 85.5 cm³/mol. The van der Waals surface area contributed by atoms with Crippen LogP contribution >= 0.6 is 0 Å². The van der Waals surface area contributed by atoms with Crippen molar-refractivity contribution >= 4 is 22.4 Å². The molecular formula is C16H16F2N4O2. The summed E-state index contributed by atoms with van der Waals surface area (Å²) in [6.07, 6.45) is 4.93. The molecule has 2 aromatic rings. The van der Waals surface area contributed by atoms with Crippen molar-refractivity contribution in [1.29, 1.82) is 5.41 Å². The van der Waals surface area contributed by atoms with E-state index in [9.17, 15) is 13.6 Å². The summed E-state index contributed by atoms with van der Waals surface area (Å²) in [5, 5.41) is 7.47. The predicted octanol–water partition coefficient (Wildman–Crippen LogP) is 1.81. The second-order valence-corrected chi connectivity index (χ2v) is 6.47. The van der Waals surface area contributed by atoms with Gasteiger partial charge in [0.1, 0.15) is 18.0 Å². The zero-order chi connectivity index (χ0) is 17.2. The molecule has 0 unspecified atom stereocenters. The van der Waals surface area contributed by atoms with E-state index in [0.717, 1.165) is 25.7 Å². The van der Waals surface area contributed by atoms with Gasteiger partial charge in [0.15, 0.2) is 11.6 Å². The Labute approximate surface area is 135 Å². The van der Waals surface area contributed by atoms with Crippen LogP contribution in [0.5, 0.6) is 5.75 Å². The largest absolute Gasteiger partial charge is 0.486 e. The SMILES string of the molecule is N=C(N)c1cn2c3c(c(F)c(F)c(N)c3c1=O)OCC21CCCC1. The van der Waals surface area contributed by atoms with E-state index in [1.54, 1.807) is 4.57 Å². The number of nitrogens with one attached hydrogen (secondary N) is 1. The number of pyridine rings is 1. The van der Waals surface area contributed by atoms with E-state index in [0.29, 0.717) is 0 Å². The summed E-state index contributed by atoms with van der Waals surface area (Å²) in [7, 11) is 0. The van der Waals surface area contributed by atoms with Gasteiger partial charge in [-0.3, -0.25) is 10.2 Å². The van der Waals surface area contributed by atoms with Crippen LogP contribution in [-0.4, -0.2) is 17.0 Å². The number of fused-ring (bicyclic) bond motifs is 1.